The highest BCUT2D eigenvalue weighted by molar-refractivity contribution is 5.81. The van der Waals surface area contributed by atoms with Gasteiger partial charge in [0.1, 0.15) is 5.78 Å². The molecule has 0 aromatic heterocycles. The topological polar surface area (TPSA) is 55.8 Å². The molecule has 0 aliphatic carbocycles. The van der Waals surface area contributed by atoms with Crippen LogP contribution in [-0.4, -0.2) is 42.9 Å². The summed E-state index contributed by atoms with van der Waals surface area (Å²) in [5, 5.41) is 8.76. The normalized spacial score (nSPS) is 28.2. The van der Waals surface area contributed by atoms with Gasteiger partial charge in [-0.05, 0) is 32.1 Å². The number of hydrogen-bond donors (Lipinski definition) is 1. The lowest BCUT2D eigenvalue weighted by Gasteiger charge is -2.42. The van der Waals surface area contributed by atoms with Crippen LogP contribution in [0, 0.1) is 5.92 Å². The largest absolute Gasteiger partial charge is 0.396 e. The van der Waals surface area contributed by atoms with E-state index in [1.165, 1.54) is 0 Å². The van der Waals surface area contributed by atoms with Gasteiger partial charge >= 0.3 is 0 Å². The Morgan fingerprint density at radius 3 is 2.76 bits per heavy atom. The van der Waals surface area contributed by atoms with Crippen LogP contribution in [0.3, 0.4) is 0 Å². The van der Waals surface area contributed by atoms with Gasteiger partial charge in [0, 0.05) is 38.8 Å². The van der Waals surface area contributed by atoms with Crippen LogP contribution in [-0.2, 0) is 14.3 Å². The first-order valence-corrected chi connectivity index (χ1v) is 6.61. The van der Waals surface area contributed by atoms with Crippen LogP contribution in [0.1, 0.15) is 38.5 Å². The van der Waals surface area contributed by atoms with E-state index in [9.17, 15) is 4.79 Å². The molecule has 1 N–H and O–H groups in total. The Kier molecular flexibility index (Phi) is 4.54. The maximum absolute atomic E-state index is 12.0. The fourth-order valence-corrected chi connectivity index (χ4v) is 2.85. The molecule has 0 bridgehead atoms. The van der Waals surface area contributed by atoms with E-state index in [0.717, 1.165) is 38.9 Å². The van der Waals surface area contributed by atoms with Crippen molar-refractivity contribution >= 4 is 5.78 Å². The Morgan fingerprint density at radius 1 is 1.29 bits per heavy atom. The number of carbonyl (C=O) groups is 1. The van der Waals surface area contributed by atoms with E-state index in [2.05, 4.69) is 0 Å². The Balaban J connectivity index is 1.89. The van der Waals surface area contributed by atoms with Crippen molar-refractivity contribution in [2.45, 2.75) is 44.1 Å². The molecule has 2 aliphatic rings. The van der Waals surface area contributed by atoms with Gasteiger partial charge in [-0.3, -0.25) is 4.79 Å². The Morgan fingerprint density at radius 2 is 2.06 bits per heavy atom. The van der Waals surface area contributed by atoms with E-state index in [4.69, 9.17) is 14.6 Å². The summed E-state index contributed by atoms with van der Waals surface area (Å²) >= 11 is 0. The van der Waals surface area contributed by atoms with Crippen molar-refractivity contribution in [1.29, 1.82) is 0 Å². The highest BCUT2D eigenvalue weighted by Gasteiger charge is 2.40. The molecule has 2 fully saturated rings. The third-order valence-electron chi connectivity index (χ3n) is 3.93. The number of ketones is 1. The predicted octanol–water partition coefficient (Wildman–Crippen LogP) is 1.30. The zero-order chi connectivity index (χ0) is 12.1. The first-order valence-electron chi connectivity index (χ1n) is 6.61. The number of Topliss-reactive ketones (excluding diaryl/α,β-unsaturated/α-hetero) is 1. The molecule has 1 unspecified atom stereocenters. The van der Waals surface area contributed by atoms with Gasteiger partial charge in [0.25, 0.3) is 0 Å². The molecule has 2 heterocycles. The molecule has 17 heavy (non-hydrogen) atoms. The van der Waals surface area contributed by atoms with Crippen molar-refractivity contribution in [3.05, 3.63) is 0 Å². The molecule has 0 amide bonds. The number of carbonyl (C=O) groups excluding carboxylic acids is 1. The standard InChI is InChI=1S/C13H22O4/c14-6-1-2-12(15)11-3-7-17-13(10-11)4-8-16-9-5-13/h11,14H,1-10H2. The van der Waals surface area contributed by atoms with Gasteiger partial charge < -0.3 is 14.6 Å². The monoisotopic (exact) mass is 242 g/mol. The minimum Gasteiger partial charge on any atom is -0.396 e. The lowest BCUT2D eigenvalue weighted by Crippen LogP contribution is -2.45. The fraction of sp³-hybridized carbons (Fsp3) is 0.923. The molecule has 2 rings (SSSR count). The molecule has 2 aliphatic heterocycles. The lowest BCUT2D eigenvalue weighted by atomic mass is 9.78. The van der Waals surface area contributed by atoms with Crippen molar-refractivity contribution in [3.8, 4) is 0 Å². The zero-order valence-electron chi connectivity index (χ0n) is 10.3. The summed E-state index contributed by atoms with van der Waals surface area (Å²) in [6.45, 7) is 2.29. The second-order valence-corrected chi connectivity index (χ2v) is 5.13. The first kappa shape index (κ1) is 13.0. The summed E-state index contributed by atoms with van der Waals surface area (Å²) in [6.07, 6.45) is 4.61. The van der Waals surface area contributed by atoms with E-state index >= 15 is 0 Å². The zero-order valence-corrected chi connectivity index (χ0v) is 10.3. The van der Waals surface area contributed by atoms with E-state index < -0.39 is 0 Å². The van der Waals surface area contributed by atoms with Gasteiger partial charge in [0.2, 0.25) is 0 Å². The van der Waals surface area contributed by atoms with E-state index in [1.54, 1.807) is 0 Å². The van der Waals surface area contributed by atoms with Crippen molar-refractivity contribution in [1.82, 2.24) is 0 Å². The minimum atomic E-state index is -0.101. The molecule has 98 valence electrons. The summed E-state index contributed by atoms with van der Waals surface area (Å²) in [6, 6.07) is 0. The summed E-state index contributed by atoms with van der Waals surface area (Å²) in [7, 11) is 0. The molecule has 0 saturated carbocycles. The van der Waals surface area contributed by atoms with Crippen molar-refractivity contribution in [2.24, 2.45) is 5.92 Å². The highest BCUT2D eigenvalue weighted by Crippen LogP contribution is 2.37. The molecule has 1 spiro atoms. The van der Waals surface area contributed by atoms with Gasteiger partial charge in [-0.1, -0.05) is 0 Å². The summed E-state index contributed by atoms with van der Waals surface area (Å²) in [5.41, 5.74) is -0.101. The second kappa shape index (κ2) is 5.94. The van der Waals surface area contributed by atoms with E-state index in [-0.39, 0.29) is 18.1 Å². The van der Waals surface area contributed by atoms with E-state index in [0.29, 0.717) is 25.2 Å². The van der Waals surface area contributed by atoms with Crippen LogP contribution in [0.2, 0.25) is 0 Å². The fourth-order valence-electron chi connectivity index (χ4n) is 2.85. The Labute approximate surface area is 102 Å². The minimum absolute atomic E-state index is 0.101. The maximum Gasteiger partial charge on any atom is 0.136 e. The molecule has 0 aromatic carbocycles. The molecular weight excluding hydrogens is 220 g/mol. The maximum atomic E-state index is 12.0. The van der Waals surface area contributed by atoms with Gasteiger partial charge in [-0.25, -0.2) is 0 Å². The van der Waals surface area contributed by atoms with Crippen molar-refractivity contribution in [3.63, 3.8) is 0 Å². The lowest BCUT2D eigenvalue weighted by molar-refractivity contribution is -0.157. The van der Waals surface area contributed by atoms with Crippen LogP contribution in [0.5, 0.6) is 0 Å². The molecule has 4 nitrogen and oxygen atoms in total. The molecule has 2 saturated heterocycles. The third-order valence-corrected chi connectivity index (χ3v) is 3.93. The van der Waals surface area contributed by atoms with Crippen LogP contribution in [0.25, 0.3) is 0 Å². The summed E-state index contributed by atoms with van der Waals surface area (Å²) in [4.78, 5) is 12.0. The average molecular weight is 242 g/mol. The number of hydrogen-bond acceptors (Lipinski definition) is 4. The van der Waals surface area contributed by atoms with Crippen LogP contribution >= 0.6 is 0 Å². The number of aliphatic hydroxyl groups excluding tert-OH is 1. The molecule has 0 radical (unpaired) electrons. The number of ether oxygens (including phenoxy) is 2. The highest BCUT2D eigenvalue weighted by atomic mass is 16.5. The van der Waals surface area contributed by atoms with Gasteiger partial charge in [0.05, 0.1) is 5.60 Å². The molecule has 4 heteroatoms. The molecular formula is C13H22O4. The number of rotatable bonds is 4. The smallest absolute Gasteiger partial charge is 0.136 e. The van der Waals surface area contributed by atoms with Gasteiger partial charge in [0.15, 0.2) is 0 Å². The van der Waals surface area contributed by atoms with Gasteiger partial charge in [-0.2, -0.15) is 0 Å². The quantitative estimate of drug-likeness (QED) is 0.807. The van der Waals surface area contributed by atoms with Crippen LogP contribution < -0.4 is 0 Å². The molecule has 0 aromatic rings. The van der Waals surface area contributed by atoms with Crippen LogP contribution in [0.4, 0.5) is 0 Å². The Bertz CT molecular complexity index is 253. The van der Waals surface area contributed by atoms with Crippen molar-refractivity contribution in [2.75, 3.05) is 26.4 Å². The predicted molar refractivity (Wildman–Crippen MR) is 62.8 cm³/mol. The Hall–Kier alpha value is -0.450. The third kappa shape index (κ3) is 3.27. The van der Waals surface area contributed by atoms with Gasteiger partial charge in [-0.15, -0.1) is 0 Å². The van der Waals surface area contributed by atoms with Crippen LogP contribution in [0.15, 0.2) is 0 Å². The summed E-state index contributed by atoms with van der Waals surface area (Å²) < 4.78 is 11.3. The SMILES string of the molecule is O=C(CCCO)C1CCOC2(CCOCC2)C1. The molecule has 1 atom stereocenters. The van der Waals surface area contributed by atoms with E-state index in [1.807, 2.05) is 0 Å². The first-order chi connectivity index (χ1) is 8.26. The summed E-state index contributed by atoms with van der Waals surface area (Å²) in [5.74, 6) is 0.432. The average Bonchev–Trinajstić information content (AvgIpc) is 2.37. The van der Waals surface area contributed by atoms with Crippen molar-refractivity contribution < 1.29 is 19.4 Å². The second-order valence-electron chi connectivity index (χ2n) is 5.13. The number of aliphatic hydroxyl groups is 1.